The lowest BCUT2D eigenvalue weighted by Gasteiger charge is -2.35. The number of benzene rings is 3. The van der Waals surface area contributed by atoms with E-state index in [4.69, 9.17) is 23.2 Å². The highest BCUT2D eigenvalue weighted by Gasteiger charge is 2.23. The summed E-state index contributed by atoms with van der Waals surface area (Å²) in [7, 11) is 0. The number of halogens is 2. The summed E-state index contributed by atoms with van der Waals surface area (Å²) in [6, 6.07) is 24.9. The zero-order valence-corrected chi connectivity index (χ0v) is 23.2. The Morgan fingerprint density at radius 3 is 2.03 bits per heavy atom. The van der Waals surface area contributed by atoms with E-state index in [2.05, 4.69) is 82.2 Å². The van der Waals surface area contributed by atoms with Crippen molar-refractivity contribution in [2.24, 2.45) is 0 Å². The third-order valence-corrected chi connectivity index (χ3v) is 8.02. The molecule has 3 aromatic carbocycles. The van der Waals surface area contributed by atoms with Crippen LogP contribution < -0.4 is 5.32 Å². The van der Waals surface area contributed by atoms with E-state index >= 15 is 0 Å². The number of nitrogens with one attached hydrogen (secondary N) is 1. The number of aromatic nitrogens is 1. The zero-order valence-electron chi connectivity index (χ0n) is 21.7. The second-order valence-electron chi connectivity index (χ2n) is 10.2. The smallest absolute Gasteiger partial charge is 0.0767 e. The Morgan fingerprint density at radius 1 is 0.718 bits per heavy atom. The van der Waals surface area contributed by atoms with Crippen LogP contribution in [0.4, 0.5) is 5.69 Å². The van der Waals surface area contributed by atoms with Crippen LogP contribution in [-0.2, 0) is 6.54 Å². The number of rotatable bonds is 8. The lowest BCUT2D eigenvalue weighted by molar-refractivity contribution is 0.132. The zero-order chi connectivity index (χ0) is 26.6. The molecule has 4 aromatic rings. The van der Waals surface area contributed by atoms with Gasteiger partial charge in [0.05, 0.1) is 11.6 Å². The molecule has 39 heavy (non-hydrogen) atoms. The Balaban J connectivity index is 1.16. The van der Waals surface area contributed by atoms with Gasteiger partial charge in [-0.1, -0.05) is 59.6 Å². The van der Waals surface area contributed by atoms with Crippen LogP contribution in [0.5, 0.6) is 0 Å². The van der Waals surface area contributed by atoms with Gasteiger partial charge in [-0.05, 0) is 84.7 Å². The number of anilines is 1. The Morgan fingerprint density at radius 2 is 1.33 bits per heavy atom. The topological polar surface area (TPSA) is 31.4 Å². The van der Waals surface area contributed by atoms with Crippen molar-refractivity contribution in [3.63, 3.8) is 0 Å². The molecule has 4 nitrogen and oxygen atoms in total. The van der Waals surface area contributed by atoms with Crippen LogP contribution in [0.15, 0.2) is 79.0 Å². The molecule has 2 heterocycles. The number of hydrogen-bond donors (Lipinski definition) is 1. The maximum atomic E-state index is 6.22. The van der Waals surface area contributed by atoms with Gasteiger partial charge >= 0.3 is 0 Å². The van der Waals surface area contributed by atoms with E-state index in [1.165, 1.54) is 17.0 Å². The summed E-state index contributed by atoms with van der Waals surface area (Å²) in [6.45, 7) is 6.43. The van der Waals surface area contributed by atoms with Crippen molar-refractivity contribution in [1.29, 1.82) is 0 Å². The van der Waals surface area contributed by atoms with E-state index in [0.29, 0.717) is 5.02 Å². The van der Waals surface area contributed by atoms with Crippen molar-refractivity contribution in [3.05, 3.63) is 137 Å². The van der Waals surface area contributed by atoms with Gasteiger partial charge < -0.3 is 10.2 Å². The molecule has 197 valence electrons. The first-order chi connectivity index (χ1) is 19.1. The summed E-state index contributed by atoms with van der Waals surface area (Å²) in [5.74, 6) is 1.41. The normalized spacial score (nSPS) is 18.0. The van der Waals surface area contributed by atoms with Crippen molar-refractivity contribution < 1.29 is 0 Å². The second kappa shape index (κ2) is 12.3. The summed E-state index contributed by atoms with van der Waals surface area (Å²) >= 11 is 12.4. The first-order valence-corrected chi connectivity index (χ1v) is 14.2. The van der Waals surface area contributed by atoms with Gasteiger partial charge in [0.1, 0.15) is 0 Å². The van der Waals surface area contributed by atoms with Crippen molar-refractivity contribution in [1.82, 2.24) is 14.8 Å². The van der Waals surface area contributed by atoms with Crippen molar-refractivity contribution in [2.45, 2.75) is 12.6 Å². The van der Waals surface area contributed by atoms with Crippen molar-refractivity contribution in [2.75, 3.05) is 38.0 Å². The summed E-state index contributed by atoms with van der Waals surface area (Å²) in [6.07, 6.45) is 10.5. The molecule has 1 unspecified atom stereocenters. The van der Waals surface area contributed by atoms with E-state index in [1.807, 2.05) is 42.6 Å². The Bertz CT molecular complexity index is 1380. The summed E-state index contributed by atoms with van der Waals surface area (Å²) in [5, 5.41) is 6.22. The minimum atomic E-state index is -0.0441. The first-order valence-electron chi connectivity index (χ1n) is 13.4. The van der Waals surface area contributed by atoms with Gasteiger partial charge in [-0.15, -0.1) is 0 Å². The molecule has 1 saturated carbocycles. The van der Waals surface area contributed by atoms with Crippen molar-refractivity contribution >= 4 is 39.8 Å². The Hall–Kier alpha value is -2.63. The number of nitrogens with zero attached hydrogens (tertiary/aromatic N) is 3. The maximum Gasteiger partial charge on any atom is 0.0767 e. The number of fused-ring (bicyclic) bond motifs is 1. The molecule has 6 rings (SSSR count). The van der Waals surface area contributed by atoms with E-state index in [9.17, 15) is 0 Å². The molecular formula is C33H31Cl2N4. The standard InChI is InChI=1S/C33H31Cl2N4/c34-28-11-9-27(10-12-28)33(37-31-15-16-36-32-21-29(35)13-14-30(31)32)26-7-5-25(6-8-26)23-39-19-17-38(18-20-39)22-24-3-1-2-4-24/h1-16,21,33H,17-20,22-23H2,(H,36,37). The fourth-order valence-electron chi connectivity index (χ4n) is 5.37. The molecule has 1 aromatic heterocycles. The van der Waals surface area contributed by atoms with E-state index in [0.717, 1.165) is 66.4 Å². The monoisotopic (exact) mass is 553 g/mol. The van der Waals surface area contributed by atoms with Gasteiger partial charge in [0.15, 0.2) is 0 Å². The van der Waals surface area contributed by atoms with Crippen LogP contribution in [0.1, 0.15) is 22.7 Å². The largest absolute Gasteiger partial charge is 0.374 e. The fraction of sp³-hybridized carbons (Fsp3) is 0.212. The molecule has 6 heteroatoms. The highest BCUT2D eigenvalue weighted by Crippen LogP contribution is 2.32. The van der Waals surface area contributed by atoms with E-state index in [-0.39, 0.29) is 6.04 Å². The fourth-order valence-corrected chi connectivity index (χ4v) is 5.67. The highest BCUT2D eigenvalue weighted by atomic mass is 35.5. The van der Waals surface area contributed by atoms with Gasteiger partial charge in [0.25, 0.3) is 0 Å². The van der Waals surface area contributed by atoms with Crippen LogP contribution >= 0.6 is 23.2 Å². The third kappa shape index (κ3) is 6.58. The number of piperazine rings is 1. The van der Waals surface area contributed by atoms with Crippen molar-refractivity contribution in [3.8, 4) is 0 Å². The SMILES string of the molecule is Clc1ccc(C(Nc2ccnc3cc(Cl)ccc23)c2ccc(CN3CCN(C[C]4[CH][CH][CH][CH]4)CC3)cc2)cc1. The molecular weight excluding hydrogens is 523 g/mol. The summed E-state index contributed by atoms with van der Waals surface area (Å²) in [5.41, 5.74) is 5.56. The molecule has 5 radical (unpaired) electrons. The quantitative estimate of drug-likeness (QED) is 0.248. The predicted molar refractivity (Wildman–Crippen MR) is 162 cm³/mol. The molecule has 1 aliphatic heterocycles. The van der Waals surface area contributed by atoms with Gasteiger partial charge in [0.2, 0.25) is 0 Å². The lowest BCUT2D eigenvalue weighted by Crippen LogP contribution is -2.46. The van der Waals surface area contributed by atoms with Gasteiger partial charge in [-0.25, -0.2) is 0 Å². The average molecular weight is 555 g/mol. The molecule has 2 aliphatic rings. The van der Waals surface area contributed by atoms with Crippen LogP contribution in [0.25, 0.3) is 10.9 Å². The highest BCUT2D eigenvalue weighted by molar-refractivity contribution is 6.31. The molecule has 0 amide bonds. The Labute approximate surface area is 241 Å². The average Bonchev–Trinajstić information content (AvgIpc) is 3.47. The molecule has 0 spiro atoms. The summed E-state index contributed by atoms with van der Waals surface area (Å²) in [4.78, 5) is 9.61. The second-order valence-corrected chi connectivity index (χ2v) is 11.1. The maximum absolute atomic E-state index is 6.22. The predicted octanol–water partition coefficient (Wildman–Crippen LogP) is 7.27. The minimum absolute atomic E-state index is 0.0441. The van der Waals surface area contributed by atoms with Crippen LogP contribution in [-0.4, -0.2) is 47.5 Å². The van der Waals surface area contributed by atoms with Crippen LogP contribution in [0.2, 0.25) is 10.0 Å². The summed E-state index contributed by atoms with van der Waals surface area (Å²) < 4.78 is 0. The minimum Gasteiger partial charge on any atom is -0.374 e. The van der Waals surface area contributed by atoms with E-state index in [1.54, 1.807) is 0 Å². The van der Waals surface area contributed by atoms with Gasteiger partial charge in [-0.3, -0.25) is 9.88 Å². The number of hydrogen-bond acceptors (Lipinski definition) is 4. The van der Waals surface area contributed by atoms with Crippen LogP contribution in [0, 0.1) is 31.6 Å². The van der Waals surface area contributed by atoms with Crippen LogP contribution in [0.3, 0.4) is 0 Å². The first kappa shape index (κ1) is 26.6. The number of pyridine rings is 1. The van der Waals surface area contributed by atoms with E-state index < -0.39 is 0 Å². The molecule has 1 saturated heterocycles. The van der Waals surface area contributed by atoms with Gasteiger partial charge in [-0.2, -0.15) is 0 Å². The molecule has 1 atom stereocenters. The Kier molecular flexibility index (Phi) is 8.36. The molecule has 2 fully saturated rings. The molecule has 1 N–H and O–H groups in total. The lowest BCUT2D eigenvalue weighted by atomic mass is 9.97. The third-order valence-electron chi connectivity index (χ3n) is 7.53. The van der Waals surface area contributed by atoms with Gasteiger partial charge in [0, 0.05) is 66.6 Å². The molecule has 1 aliphatic carbocycles. The molecule has 0 bridgehead atoms.